The minimum absolute atomic E-state index is 0.0275. The van der Waals surface area contributed by atoms with Crippen molar-refractivity contribution >= 4 is 21.8 Å². The molecule has 2 heterocycles. The molecule has 2 rings (SSSR count). The molecule has 0 aliphatic carbocycles. The first kappa shape index (κ1) is 21.2. The third-order valence-electron chi connectivity index (χ3n) is 5.47. The van der Waals surface area contributed by atoms with Gasteiger partial charge in [-0.05, 0) is 45.4 Å². The van der Waals surface area contributed by atoms with Gasteiger partial charge in [-0.3, -0.25) is 9.59 Å². The topological polar surface area (TPSA) is 86.8 Å². The van der Waals surface area contributed by atoms with Crippen molar-refractivity contribution in [3.8, 4) is 0 Å². The number of amides is 2. The predicted octanol–water partition coefficient (Wildman–Crippen LogP) is 1.34. The highest BCUT2D eigenvalue weighted by atomic mass is 32.2. The summed E-state index contributed by atoms with van der Waals surface area (Å²) in [5.41, 5.74) is -0.913. The average Bonchev–Trinajstić information content (AvgIpc) is 2.56. The minimum atomic E-state index is -3.34. The summed E-state index contributed by atoms with van der Waals surface area (Å²) in [7, 11) is -3.34. The van der Waals surface area contributed by atoms with Gasteiger partial charge in [0.1, 0.15) is 11.6 Å². The van der Waals surface area contributed by atoms with E-state index in [1.165, 1.54) is 4.31 Å². The van der Waals surface area contributed by atoms with Crippen LogP contribution in [-0.2, 0) is 19.6 Å². The highest BCUT2D eigenvalue weighted by molar-refractivity contribution is 7.89. The van der Waals surface area contributed by atoms with Crippen LogP contribution < -0.4 is 5.32 Å². The Labute approximate surface area is 157 Å². The molecule has 150 valence electrons. The molecule has 0 radical (unpaired) electrons. The fourth-order valence-corrected chi connectivity index (χ4v) is 5.25. The lowest BCUT2D eigenvalue weighted by atomic mass is 9.81. The van der Waals surface area contributed by atoms with Crippen LogP contribution in [0.5, 0.6) is 0 Å². The number of hydrogen-bond donors (Lipinski definition) is 1. The Bertz CT molecular complexity index is 637. The largest absolute Gasteiger partial charge is 0.342 e. The first-order valence-electron chi connectivity index (χ1n) is 9.67. The lowest BCUT2D eigenvalue weighted by Crippen LogP contribution is -2.73. The van der Waals surface area contributed by atoms with E-state index in [1.807, 2.05) is 20.8 Å². The molecule has 2 amide bonds. The number of hydrogen-bond acceptors (Lipinski definition) is 4. The van der Waals surface area contributed by atoms with Gasteiger partial charge < -0.3 is 10.2 Å². The first-order valence-corrected chi connectivity index (χ1v) is 11.2. The van der Waals surface area contributed by atoms with Gasteiger partial charge in [-0.1, -0.05) is 20.8 Å². The second kappa shape index (κ2) is 7.84. The van der Waals surface area contributed by atoms with Gasteiger partial charge in [0.05, 0.1) is 5.25 Å². The fraction of sp³-hybridized carbons (Fsp3) is 0.889. The molecule has 2 fully saturated rings. The van der Waals surface area contributed by atoms with E-state index in [2.05, 4.69) is 5.32 Å². The second-order valence-corrected chi connectivity index (χ2v) is 10.7. The number of carbonyl (C=O) groups is 2. The van der Waals surface area contributed by atoms with Crippen LogP contribution in [0.1, 0.15) is 60.3 Å². The summed E-state index contributed by atoms with van der Waals surface area (Å²) < 4.78 is 26.3. The maximum absolute atomic E-state index is 13.0. The van der Waals surface area contributed by atoms with Crippen molar-refractivity contribution in [2.24, 2.45) is 5.92 Å². The van der Waals surface area contributed by atoms with E-state index in [9.17, 15) is 18.0 Å². The van der Waals surface area contributed by atoms with Crippen LogP contribution in [0.15, 0.2) is 0 Å². The van der Waals surface area contributed by atoms with Crippen molar-refractivity contribution in [2.45, 2.75) is 77.1 Å². The molecule has 2 aliphatic rings. The highest BCUT2D eigenvalue weighted by Gasteiger charge is 2.54. The van der Waals surface area contributed by atoms with Gasteiger partial charge in [-0.15, -0.1) is 0 Å². The molecule has 1 N–H and O–H groups in total. The molecule has 1 atom stereocenters. The van der Waals surface area contributed by atoms with Gasteiger partial charge in [0.15, 0.2) is 0 Å². The number of piperazine rings is 1. The third kappa shape index (κ3) is 3.76. The Morgan fingerprint density at radius 1 is 1.15 bits per heavy atom. The summed E-state index contributed by atoms with van der Waals surface area (Å²) in [6, 6.07) is -0.475. The van der Waals surface area contributed by atoms with Crippen LogP contribution in [0.3, 0.4) is 0 Å². The van der Waals surface area contributed by atoms with E-state index in [4.69, 9.17) is 0 Å². The Balaban J connectivity index is 2.25. The van der Waals surface area contributed by atoms with Crippen LogP contribution >= 0.6 is 0 Å². The highest BCUT2D eigenvalue weighted by Crippen LogP contribution is 2.35. The van der Waals surface area contributed by atoms with Crippen molar-refractivity contribution in [3.63, 3.8) is 0 Å². The third-order valence-corrected chi connectivity index (χ3v) is 7.74. The van der Waals surface area contributed by atoms with Crippen molar-refractivity contribution in [1.29, 1.82) is 0 Å². The van der Waals surface area contributed by atoms with Crippen LogP contribution in [-0.4, -0.2) is 65.9 Å². The van der Waals surface area contributed by atoms with Crippen LogP contribution in [0.4, 0.5) is 0 Å². The Kier molecular flexibility index (Phi) is 6.38. The van der Waals surface area contributed by atoms with Gasteiger partial charge in [0.25, 0.3) is 0 Å². The lowest BCUT2D eigenvalue weighted by molar-refractivity contribution is -0.160. The molecule has 0 aromatic rings. The smallest absolute Gasteiger partial charge is 0.246 e. The van der Waals surface area contributed by atoms with E-state index in [0.717, 1.165) is 6.42 Å². The van der Waals surface area contributed by atoms with Gasteiger partial charge in [-0.2, -0.15) is 0 Å². The number of nitrogens with zero attached hydrogens (tertiary/aromatic N) is 2. The average molecular weight is 388 g/mol. The van der Waals surface area contributed by atoms with Crippen LogP contribution in [0.2, 0.25) is 0 Å². The van der Waals surface area contributed by atoms with Crippen LogP contribution in [0, 0.1) is 5.92 Å². The van der Waals surface area contributed by atoms with Crippen molar-refractivity contribution in [3.05, 3.63) is 0 Å². The van der Waals surface area contributed by atoms with Crippen molar-refractivity contribution in [1.82, 2.24) is 14.5 Å². The molecule has 2 saturated heterocycles. The molecule has 0 aromatic carbocycles. The number of nitrogens with one attached hydrogen (secondary N) is 1. The number of rotatable bonds is 6. The number of sulfonamides is 1. The summed E-state index contributed by atoms with van der Waals surface area (Å²) in [6.07, 6.45) is 2.09. The van der Waals surface area contributed by atoms with E-state index >= 15 is 0 Å². The normalized spacial score (nSPS) is 24.6. The van der Waals surface area contributed by atoms with E-state index in [0.29, 0.717) is 31.7 Å². The van der Waals surface area contributed by atoms with E-state index < -0.39 is 26.9 Å². The number of carbonyl (C=O) groups excluding carboxylic acids is 2. The quantitative estimate of drug-likeness (QED) is 0.745. The number of piperidine rings is 1. The van der Waals surface area contributed by atoms with Gasteiger partial charge >= 0.3 is 0 Å². The molecule has 2 aliphatic heterocycles. The molecular formula is C18H33N3O4S. The molecule has 8 heteroatoms. The standard InChI is InChI=1S/C18H33N3O4S/c1-6-9-21-16(22)15(12-13(2)3)19-17(23)18(21)7-10-20(11-8-18)26(24,25)14(4)5/h13-15H,6-12H2,1-5H3,(H,19,23). The fourth-order valence-electron chi connectivity index (χ4n) is 3.96. The van der Waals surface area contributed by atoms with E-state index in [1.54, 1.807) is 18.7 Å². The van der Waals surface area contributed by atoms with Crippen molar-refractivity contribution in [2.75, 3.05) is 19.6 Å². The zero-order chi connectivity index (χ0) is 19.7. The summed E-state index contributed by atoms with van der Waals surface area (Å²) in [6.45, 7) is 10.5. The van der Waals surface area contributed by atoms with Gasteiger partial charge in [0.2, 0.25) is 21.8 Å². The predicted molar refractivity (Wildman–Crippen MR) is 101 cm³/mol. The molecule has 26 heavy (non-hydrogen) atoms. The molecule has 0 bridgehead atoms. The summed E-state index contributed by atoms with van der Waals surface area (Å²) in [5, 5.41) is 2.44. The molecule has 1 unspecified atom stereocenters. The second-order valence-electron chi connectivity index (χ2n) is 8.17. The SMILES string of the molecule is CCCN1C(=O)C(CC(C)C)NC(=O)C12CCN(S(=O)(=O)C(C)C)CC2. The van der Waals surface area contributed by atoms with Gasteiger partial charge in [0, 0.05) is 19.6 Å². The maximum Gasteiger partial charge on any atom is 0.246 e. The molecule has 7 nitrogen and oxygen atoms in total. The van der Waals surface area contributed by atoms with Crippen molar-refractivity contribution < 1.29 is 18.0 Å². The zero-order valence-corrected chi connectivity index (χ0v) is 17.4. The molecule has 0 aromatic heterocycles. The summed E-state index contributed by atoms with van der Waals surface area (Å²) in [4.78, 5) is 27.8. The first-order chi connectivity index (χ1) is 12.1. The minimum Gasteiger partial charge on any atom is -0.342 e. The Morgan fingerprint density at radius 2 is 1.73 bits per heavy atom. The monoisotopic (exact) mass is 387 g/mol. The molecular weight excluding hydrogens is 354 g/mol. The zero-order valence-electron chi connectivity index (χ0n) is 16.6. The van der Waals surface area contributed by atoms with Gasteiger partial charge in [-0.25, -0.2) is 12.7 Å². The van der Waals surface area contributed by atoms with E-state index in [-0.39, 0.29) is 24.9 Å². The lowest BCUT2D eigenvalue weighted by Gasteiger charge is -2.51. The Hall–Kier alpha value is -1.15. The molecule has 0 saturated carbocycles. The Morgan fingerprint density at radius 3 is 2.19 bits per heavy atom. The summed E-state index contributed by atoms with van der Waals surface area (Å²) >= 11 is 0. The molecule has 1 spiro atoms. The van der Waals surface area contributed by atoms with Crippen LogP contribution in [0.25, 0.3) is 0 Å². The summed E-state index contributed by atoms with van der Waals surface area (Å²) in [5.74, 6) is 0.151. The maximum atomic E-state index is 13.0.